The molecule has 3 saturated heterocycles. The standard InChI is InChI=1S/C50H45N3O15/c1-50(2)67-36-29-60-48(41(37(36)68-50)63-46(57)35-26-16-15-25-34(35)27-52-53-51)64-39-38(61-43(54)31-19-9-4-10-20-31)40(47(58)59-28-30-17-7-3-8-18-30)65-49(66-45(56)33-23-13-6-14-24-33)42(39)62-44(55)32-21-11-5-12-22-32/h3-26,36-42,48-49H,27-29H2,1-2H3/t36-,37-,38-,39-,40-,41+,42+,48-,49+/m0/s1. The summed E-state index contributed by atoms with van der Waals surface area (Å²) in [5.41, 5.74) is 10.2. The van der Waals surface area contributed by atoms with Gasteiger partial charge in [-0.25, -0.2) is 24.0 Å². The molecule has 0 radical (unpaired) electrons. The van der Waals surface area contributed by atoms with Gasteiger partial charge in [-0.3, -0.25) is 0 Å². The number of ether oxygens (including phenoxy) is 10. The fraction of sp³-hybridized carbons (Fsp3) is 0.300. The van der Waals surface area contributed by atoms with E-state index in [-0.39, 0.29) is 42.0 Å². The number of carbonyl (C=O) groups is 5. The predicted octanol–water partition coefficient (Wildman–Crippen LogP) is 7.06. The van der Waals surface area contributed by atoms with Gasteiger partial charge in [0.05, 0.1) is 35.4 Å². The summed E-state index contributed by atoms with van der Waals surface area (Å²) in [5, 5.41) is 3.61. The monoisotopic (exact) mass is 927 g/mol. The van der Waals surface area contributed by atoms with Crippen molar-refractivity contribution >= 4 is 29.8 Å². The summed E-state index contributed by atoms with van der Waals surface area (Å²) >= 11 is 0. The van der Waals surface area contributed by atoms with Crippen LogP contribution < -0.4 is 0 Å². The minimum atomic E-state index is -1.96. The second-order valence-corrected chi connectivity index (χ2v) is 16.1. The maximum atomic E-state index is 14.5. The summed E-state index contributed by atoms with van der Waals surface area (Å²) in [6, 6.07) is 38.5. The molecule has 68 heavy (non-hydrogen) atoms. The molecule has 0 saturated carbocycles. The largest absolute Gasteiger partial charge is 0.459 e. The zero-order valence-corrected chi connectivity index (χ0v) is 36.6. The molecule has 0 aliphatic carbocycles. The van der Waals surface area contributed by atoms with E-state index in [0.717, 1.165) is 0 Å². The van der Waals surface area contributed by atoms with Crippen LogP contribution in [0.2, 0.25) is 0 Å². The SMILES string of the molecule is CC1(C)O[C@@H]2[C@@H](OC(=O)c3ccccc3CN=[N+]=[N-])[C@H](O[C@@H]3[C@@H](OC(=O)c4ccccc4)[C@@H](OC(=O)c4ccccc4)O[C@H](C(=O)OCc4ccccc4)[C@H]3OC(=O)c3ccccc3)OC[C@@H]2O1. The molecule has 3 fully saturated rings. The summed E-state index contributed by atoms with van der Waals surface area (Å²) in [4.78, 5) is 73.7. The van der Waals surface area contributed by atoms with Crippen LogP contribution in [0.25, 0.3) is 10.4 Å². The molecule has 3 heterocycles. The third kappa shape index (κ3) is 11.2. The number of esters is 5. The van der Waals surface area contributed by atoms with Crippen molar-refractivity contribution in [3.05, 3.63) is 189 Å². The smallest absolute Gasteiger partial charge is 0.340 e. The Kier molecular flexibility index (Phi) is 14.9. The first-order chi connectivity index (χ1) is 33.0. The molecule has 5 aromatic carbocycles. The Morgan fingerprint density at radius 2 is 1.15 bits per heavy atom. The highest BCUT2D eigenvalue weighted by Crippen LogP contribution is 2.39. The van der Waals surface area contributed by atoms with Gasteiger partial charge in [0.25, 0.3) is 0 Å². The predicted molar refractivity (Wildman–Crippen MR) is 235 cm³/mol. The summed E-state index contributed by atoms with van der Waals surface area (Å²) in [6.45, 7) is 2.68. The zero-order chi connectivity index (χ0) is 47.6. The van der Waals surface area contributed by atoms with Crippen molar-refractivity contribution in [1.29, 1.82) is 0 Å². The Morgan fingerprint density at radius 1 is 0.618 bits per heavy atom. The first-order valence-corrected chi connectivity index (χ1v) is 21.5. The average molecular weight is 928 g/mol. The van der Waals surface area contributed by atoms with Gasteiger partial charge in [0, 0.05) is 4.91 Å². The molecule has 0 amide bonds. The van der Waals surface area contributed by atoms with Crippen LogP contribution in [0.5, 0.6) is 0 Å². The maximum absolute atomic E-state index is 14.5. The molecule has 9 atom stereocenters. The highest BCUT2D eigenvalue weighted by Gasteiger charge is 2.60. The number of carbonyl (C=O) groups excluding carboxylic acids is 5. The molecular formula is C50H45N3O15. The van der Waals surface area contributed by atoms with Crippen molar-refractivity contribution in [3.63, 3.8) is 0 Å². The van der Waals surface area contributed by atoms with Gasteiger partial charge in [0.15, 0.2) is 36.5 Å². The molecule has 3 aliphatic rings. The Morgan fingerprint density at radius 3 is 1.75 bits per heavy atom. The first-order valence-electron chi connectivity index (χ1n) is 21.5. The molecule has 0 spiro atoms. The summed E-state index contributed by atoms with van der Waals surface area (Å²) < 4.78 is 62.0. The van der Waals surface area contributed by atoms with Crippen molar-refractivity contribution in [2.75, 3.05) is 6.61 Å². The van der Waals surface area contributed by atoms with Crippen molar-refractivity contribution in [2.24, 2.45) is 5.11 Å². The molecule has 18 nitrogen and oxygen atoms in total. The van der Waals surface area contributed by atoms with Crippen molar-refractivity contribution in [1.82, 2.24) is 0 Å². The second-order valence-electron chi connectivity index (χ2n) is 16.1. The number of fused-ring (bicyclic) bond motifs is 1. The van der Waals surface area contributed by atoms with Gasteiger partial charge in [-0.15, -0.1) is 0 Å². The quantitative estimate of drug-likeness (QED) is 0.0337. The van der Waals surface area contributed by atoms with Crippen LogP contribution in [-0.2, 0) is 65.3 Å². The lowest BCUT2D eigenvalue weighted by Gasteiger charge is -2.46. The summed E-state index contributed by atoms with van der Waals surface area (Å²) in [6.07, 6.45) is -14.5. The first kappa shape index (κ1) is 47.1. The number of rotatable bonds is 15. The Labute approximate surface area is 389 Å². The molecule has 0 aromatic heterocycles. The zero-order valence-electron chi connectivity index (χ0n) is 36.6. The summed E-state index contributed by atoms with van der Waals surface area (Å²) in [7, 11) is 0. The highest BCUT2D eigenvalue weighted by atomic mass is 16.8. The molecule has 8 rings (SSSR count). The number of azide groups is 1. The van der Waals surface area contributed by atoms with Gasteiger partial charge in [-0.05, 0) is 73.0 Å². The topological polar surface area (TPSA) is 226 Å². The van der Waals surface area contributed by atoms with Gasteiger partial charge < -0.3 is 47.4 Å². The van der Waals surface area contributed by atoms with E-state index in [1.807, 2.05) is 0 Å². The van der Waals surface area contributed by atoms with E-state index in [1.54, 1.807) is 117 Å². The molecule has 0 bridgehead atoms. The van der Waals surface area contributed by atoms with Crippen LogP contribution in [0, 0.1) is 0 Å². The van der Waals surface area contributed by atoms with Crippen LogP contribution >= 0.6 is 0 Å². The third-order valence-electron chi connectivity index (χ3n) is 11.0. The van der Waals surface area contributed by atoms with Gasteiger partial charge in [0.1, 0.15) is 24.9 Å². The Balaban J connectivity index is 1.23. The van der Waals surface area contributed by atoms with E-state index in [0.29, 0.717) is 11.1 Å². The van der Waals surface area contributed by atoms with E-state index in [2.05, 4.69) is 10.0 Å². The van der Waals surface area contributed by atoms with E-state index in [1.165, 1.54) is 42.5 Å². The number of benzene rings is 5. The van der Waals surface area contributed by atoms with Crippen LogP contribution in [0.3, 0.4) is 0 Å². The fourth-order valence-electron chi connectivity index (χ4n) is 7.85. The van der Waals surface area contributed by atoms with Crippen LogP contribution in [0.15, 0.2) is 151 Å². The molecule has 3 aliphatic heterocycles. The molecule has 5 aromatic rings. The third-order valence-corrected chi connectivity index (χ3v) is 11.0. The van der Waals surface area contributed by atoms with Crippen molar-refractivity contribution < 1.29 is 71.3 Å². The van der Waals surface area contributed by atoms with Crippen LogP contribution in [0.4, 0.5) is 0 Å². The lowest BCUT2D eigenvalue weighted by molar-refractivity contribution is -0.331. The normalized spacial score (nSPS) is 24.8. The average Bonchev–Trinajstić information content (AvgIpc) is 3.69. The van der Waals surface area contributed by atoms with Crippen molar-refractivity contribution in [3.8, 4) is 0 Å². The Bertz CT molecular complexity index is 2610. The molecular weight excluding hydrogens is 883 g/mol. The number of hydrogen-bond donors (Lipinski definition) is 0. The van der Waals surface area contributed by atoms with Gasteiger partial charge in [0.2, 0.25) is 6.29 Å². The van der Waals surface area contributed by atoms with Crippen LogP contribution in [0.1, 0.15) is 66.4 Å². The van der Waals surface area contributed by atoms with Gasteiger partial charge in [-0.1, -0.05) is 108 Å². The van der Waals surface area contributed by atoms with Crippen LogP contribution in [-0.4, -0.2) is 97.5 Å². The fourth-order valence-corrected chi connectivity index (χ4v) is 7.85. The van der Waals surface area contributed by atoms with Gasteiger partial charge >= 0.3 is 29.8 Å². The van der Waals surface area contributed by atoms with E-state index in [9.17, 15) is 24.0 Å². The minimum absolute atomic E-state index is 0.0449. The molecule has 0 N–H and O–H groups in total. The minimum Gasteiger partial charge on any atom is -0.459 e. The lowest BCUT2D eigenvalue weighted by atomic mass is 9.96. The second kappa shape index (κ2) is 21.5. The molecule has 18 heteroatoms. The van der Waals surface area contributed by atoms with E-state index < -0.39 is 90.9 Å². The highest BCUT2D eigenvalue weighted by molar-refractivity contribution is 5.92. The van der Waals surface area contributed by atoms with E-state index >= 15 is 0 Å². The lowest BCUT2D eigenvalue weighted by Crippen LogP contribution is -2.66. The van der Waals surface area contributed by atoms with Crippen molar-refractivity contribution in [2.45, 2.75) is 88.1 Å². The number of nitrogens with zero attached hydrogens (tertiary/aromatic N) is 3. The van der Waals surface area contributed by atoms with Gasteiger partial charge in [-0.2, -0.15) is 0 Å². The molecule has 0 unspecified atom stereocenters. The Hall–Kier alpha value is -7.44. The maximum Gasteiger partial charge on any atom is 0.340 e. The number of hydrogen-bond acceptors (Lipinski definition) is 16. The summed E-state index contributed by atoms with van der Waals surface area (Å²) in [5.74, 6) is -6.05. The molecule has 350 valence electrons. The van der Waals surface area contributed by atoms with E-state index in [4.69, 9.17) is 52.9 Å².